The summed E-state index contributed by atoms with van der Waals surface area (Å²) in [5, 5.41) is 9.50. The predicted molar refractivity (Wildman–Crippen MR) is 164 cm³/mol. The summed E-state index contributed by atoms with van der Waals surface area (Å²) in [5.41, 5.74) is -3.02. The zero-order valence-electron chi connectivity index (χ0n) is 25.6. The van der Waals surface area contributed by atoms with Crippen molar-refractivity contribution >= 4 is 23.0 Å². The van der Waals surface area contributed by atoms with E-state index in [0.717, 1.165) is 36.4 Å². The van der Waals surface area contributed by atoms with Crippen molar-refractivity contribution in [3.05, 3.63) is 113 Å². The largest absolute Gasteiger partial charge is 0.478 e. The van der Waals surface area contributed by atoms with Gasteiger partial charge >= 0.3 is 24.5 Å². The molecule has 0 aromatic heterocycles. The molecule has 15 heteroatoms. The minimum absolute atomic E-state index is 0.0213. The Morgan fingerprint density at radius 3 is 1.98 bits per heavy atom. The third kappa shape index (κ3) is 8.15. The van der Waals surface area contributed by atoms with Crippen molar-refractivity contribution < 1.29 is 54.2 Å². The van der Waals surface area contributed by atoms with Crippen LogP contribution in [-0.2, 0) is 25.1 Å². The number of hydrogen-bond donors (Lipinski definition) is 1. The molecule has 1 N–H and O–H groups in total. The molecule has 4 aromatic carbocycles. The second-order valence-electron chi connectivity index (χ2n) is 11.3. The van der Waals surface area contributed by atoms with Crippen molar-refractivity contribution in [3.63, 3.8) is 0 Å². The summed E-state index contributed by atoms with van der Waals surface area (Å²) < 4.78 is 129. The number of aromatic carboxylic acids is 1. The van der Waals surface area contributed by atoms with Gasteiger partial charge in [-0.3, -0.25) is 0 Å². The number of benzene rings is 4. The number of para-hydroxylation sites is 1. The Bertz CT molecular complexity index is 1820. The van der Waals surface area contributed by atoms with Crippen LogP contribution in [0.2, 0.25) is 0 Å². The van der Waals surface area contributed by atoms with E-state index in [0.29, 0.717) is 5.69 Å². The van der Waals surface area contributed by atoms with Crippen LogP contribution in [0.5, 0.6) is 11.5 Å². The Balaban J connectivity index is 1.40. The fourth-order valence-corrected chi connectivity index (χ4v) is 5.53. The first-order valence-corrected chi connectivity index (χ1v) is 14.7. The first-order valence-electron chi connectivity index (χ1n) is 14.7. The van der Waals surface area contributed by atoms with Crippen LogP contribution in [0.4, 0.5) is 56.6 Å². The molecule has 1 aliphatic rings. The second-order valence-corrected chi connectivity index (χ2v) is 11.3. The summed E-state index contributed by atoms with van der Waals surface area (Å²) in [7, 11) is 1.39. The Hall–Kier alpha value is -5.08. The molecule has 0 saturated carbocycles. The number of carboxylic acid groups (broad SMARTS) is 1. The van der Waals surface area contributed by atoms with Crippen LogP contribution in [0.3, 0.4) is 0 Å². The van der Waals surface area contributed by atoms with Gasteiger partial charge in [0.05, 0.1) is 16.7 Å². The second kappa shape index (κ2) is 13.4. The molecule has 0 amide bonds. The molecule has 0 spiro atoms. The third-order valence-corrected chi connectivity index (χ3v) is 8.02. The van der Waals surface area contributed by atoms with Crippen molar-refractivity contribution in [2.24, 2.45) is 0 Å². The molecule has 0 aliphatic carbocycles. The monoisotopic (exact) mass is 697 g/mol. The summed E-state index contributed by atoms with van der Waals surface area (Å²) in [4.78, 5) is 16.1. The van der Waals surface area contributed by atoms with Crippen LogP contribution in [0.15, 0.2) is 84.9 Å². The topological polar surface area (TPSA) is 56.2 Å². The summed E-state index contributed by atoms with van der Waals surface area (Å²) in [6, 6.07) is 16.3. The molecule has 0 unspecified atom stereocenters. The van der Waals surface area contributed by atoms with Gasteiger partial charge in [0.2, 0.25) is 0 Å². The summed E-state index contributed by atoms with van der Waals surface area (Å²) >= 11 is 0. The molecular weight excluding hydrogens is 669 g/mol. The number of ether oxygens (including phenoxy) is 1. The van der Waals surface area contributed by atoms with E-state index < -0.39 is 41.2 Å². The van der Waals surface area contributed by atoms with E-state index in [-0.39, 0.29) is 66.7 Å². The number of carbonyl (C=O) groups is 1. The molecule has 1 aliphatic heterocycles. The molecule has 1 fully saturated rings. The zero-order valence-corrected chi connectivity index (χ0v) is 25.6. The van der Waals surface area contributed by atoms with Crippen LogP contribution >= 0.6 is 0 Å². The van der Waals surface area contributed by atoms with Crippen molar-refractivity contribution in [2.75, 3.05) is 47.9 Å². The average molecular weight is 698 g/mol. The highest BCUT2D eigenvalue weighted by molar-refractivity contribution is 5.91. The number of carboxylic acids is 1. The highest BCUT2D eigenvalue weighted by Gasteiger charge is 2.37. The van der Waals surface area contributed by atoms with E-state index in [4.69, 9.17) is 4.74 Å². The van der Waals surface area contributed by atoms with E-state index in [9.17, 15) is 49.4 Å². The minimum Gasteiger partial charge on any atom is -0.478 e. The number of nitrogens with zero attached hydrogens (tertiary/aromatic N) is 3. The first kappa shape index (κ1) is 35.2. The number of alkyl halides is 9. The molecule has 260 valence electrons. The quantitative estimate of drug-likeness (QED) is 0.186. The van der Waals surface area contributed by atoms with Gasteiger partial charge in [0.25, 0.3) is 0 Å². The maximum absolute atomic E-state index is 14.4. The molecular formula is C34H28F9N3O3. The van der Waals surface area contributed by atoms with Gasteiger partial charge in [0.1, 0.15) is 17.1 Å². The van der Waals surface area contributed by atoms with Gasteiger partial charge < -0.3 is 24.5 Å². The number of anilines is 3. The number of halogens is 9. The van der Waals surface area contributed by atoms with E-state index in [1.165, 1.54) is 65.4 Å². The molecule has 5 rings (SSSR count). The van der Waals surface area contributed by atoms with E-state index >= 15 is 0 Å². The van der Waals surface area contributed by atoms with E-state index in [1.54, 1.807) is 4.90 Å². The maximum Gasteiger partial charge on any atom is 0.418 e. The Labute approximate surface area is 274 Å². The van der Waals surface area contributed by atoms with Gasteiger partial charge in [-0.2, -0.15) is 39.5 Å². The number of hydrogen-bond acceptors (Lipinski definition) is 5. The van der Waals surface area contributed by atoms with Gasteiger partial charge in [0.15, 0.2) is 0 Å². The fraction of sp³-hybridized carbons (Fsp3) is 0.265. The maximum atomic E-state index is 14.4. The summed E-state index contributed by atoms with van der Waals surface area (Å²) in [5.74, 6) is -1.60. The molecule has 0 radical (unpaired) electrons. The standard InChI is InChI=1S/C34H28F9N3O3/c1-44(20-21-17-23(33(38,39)40)9-12-29(21)49-30-8-3-2-7-26(30)31(47)48)24-10-11-28(27(19-24)34(41,42)43)46-15-13-45(14-16-46)25-6-4-5-22(18-25)32(35,36)37/h2-12,17-19H,13-16,20H2,1H3,(H,47,48). The molecule has 6 nitrogen and oxygen atoms in total. The van der Waals surface area contributed by atoms with Crippen LogP contribution in [0.1, 0.15) is 32.6 Å². The van der Waals surface area contributed by atoms with E-state index in [2.05, 4.69) is 0 Å². The Morgan fingerprint density at radius 2 is 1.35 bits per heavy atom. The lowest BCUT2D eigenvalue weighted by Gasteiger charge is -2.38. The third-order valence-electron chi connectivity index (χ3n) is 8.02. The van der Waals surface area contributed by atoms with Crippen LogP contribution in [0.25, 0.3) is 0 Å². The van der Waals surface area contributed by atoms with Gasteiger partial charge in [-0.05, 0) is 66.7 Å². The minimum atomic E-state index is -4.82. The van der Waals surface area contributed by atoms with E-state index in [1.807, 2.05) is 0 Å². The SMILES string of the molecule is CN(Cc1cc(C(F)(F)F)ccc1Oc1ccccc1C(=O)O)c1ccc(N2CCN(c3cccc(C(F)(F)F)c3)CC2)c(C(F)(F)F)c1. The Kier molecular flexibility index (Phi) is 9.66. The summed E-state index contributed by atoms with van der Waals surface area (Å²) in [6.45, 7) is 0.127. The Morgan fingerprint density at radius 1 is 0.714 bits per heavy atom. The lowest BCUT2D eigenvalue weighted by molar-refractivity contribution is -0.138. The molecule has 49 heavy (non-hydrogen) atoms. The lowest BCUT2D eigenvalue weighted by Crippen LogP contribution is -2.47. The van der Waals surface area contributed by atoms with Crippen LogP contribution in [0, 0.1) is 0 Å². The van der Waals surface area contributed by atoms with Crippen molar-refractivity contribution in [2.45, 2.75) is 25.1 Å². The first-order chi connectivity index (χ1) is 22.9. The molecule has 1 saturated heterocycles. The molecule has 0 bridgehead atoms. The van der Waals surface area contributed by atoms with Crippen molar-refractivity contribution in [3.8, 4) is 11.5 Å². The number of rotatable bonds is 8. The van der Waals surface area contributed by atoms with Gasteiger partial charge in [-0.1, -0.05) is 18.2 Å². The van der Waals surface area contributed by atoms with Crippen molar-refractivity contribution in [1.82, 2.24) is 0 Å². The summed E-state index contributed by atoms with van der Waals surface area (Å²) in [6.07, 6.45) is -14.1. The normalized spacial score (nSPS) is 14.2. The molecule has 4 aromatic rings. The van der Waals surface area contributed by atoms with Crippen molar-refractivity contribution in [1.29, 1.82) is 0 Å². The van der Waals surface area contributed by atoms with Crippen LogP contribution < -0.4 is 19.4 Å². The number of piperazine rings is 1. The molecule has 0 atom stereocenters. The van der Waals surface area contributed by atoms with Crippen LogP contribution in [-0.4, -0.2) is 44.3 Å². The van der Waals surface area contributed by atoms with Gasteiger partial charge in [0, 0.05) is 62.4 Å². The smallest absolute Gasteiger partial charge is 0.418 e. The van der Waals surface area contributed by atoms with Gasteiger partial charge in [-0.15, -0.1) is 0 Å². The highest BCUT2D eigenvalue weighted by atomic mass is 19.4. The van der Waals surface area contributed by atoms with Gasteiger partial charge in [-0.25, -0.2) is 4.79 Å². The predicted octanol–water partition coefficient (Wildman–Crippen LogP) is 9.20. The average Bonchev–Trinajstić information content (AvgIpc) is 3.04. The lowest BCUT2D eigenvalue weighted by atomic mass is 10.1. The highest BCUT2D eigenvalue weighted by Crippen LogP contribution is 2.41. The zero-order chi connectivity index (χ0) is 35.7. The fourth-order valence-electron chi connectivity index (χ4n) is 5.53. The molecule has 1 heterocycles.